The summed E-state index contributed by atoms with van der Waals surface area (Å²) in [6.07, 6.45) is 7.52. The fourth-order valence-corrected chi connectivity index (χ4v) is 5.16. The lowest BCUT2D eigenvalue weighted by molar-refractivity contribution is -0.139. The Bertz CT molecular complexity index is 738. The summed E-state index contributed by atoms with van der Waals surface area (Å²) < 4.78 is 0. The Balaban J connectivity index is 0.00000127. The first kappa shape index (κ1) is 32.9. The molecule has 1 saturated heterocycles. The van der Waals surface area contributed by atoms with E-state index in [0.717, 1.165) is 70.3 Å². The first-order valence-electron chi connectivity index (χ1n) is 14.7. The molecule has 2 aliphatic rings. The van der Waals surface area contributed by atoms with Gasteiger partial charge in [0.1, 0.15) is 6.04 Å². The first-order valence-corrected chi connectivity index (χ1v) is 14.7. The lowest BCUT2D eigenvalue weighted by Gasteiger charge is -2.39. The zero-order chi connectivity index (χ0) is 27.6. The summed E-state index contributed by atoms with van der Waals surface area (Å²) in [4.78, 5) is 28.5. The molecule has 1 heterocycles. The molecule has 212 valence electrons. The zero-order valence-corrected chi connectivity index (χ0v) is 24.3. The Morgan fingerprint density at radius 2 is 1.68 bits per heavy atom. The third kappa shape index (κ3) is 12.3. The highest BCUT2D eigenvalue weighted by molar-refractivity contribution is 5.74. The summed E-state index contributed by atoms with van der Waals surface area (Å²) >= 11 is 0. The molecule has 1 aromatic carbocycles. The van der Waals surface area contributed by atoms with Crippen LogP contribution in [0, 0.1) is 5.92 Å². The van der Waals surface area contributed by atoms with Gasteiger partial charge in [0.25, 0.3) is 0 Å². The topological polar surface area (TPSA) is 84.9 Å². The number of rotatable bonds is 10. The van der Waals surface area contributed by atoms with E-state index in [1.165, 1.54) is 6.42 Å². The molecule has 0 spiro atoms. The van der Waals surface area contributed by atoms with Gasteiger partial charge in [-0.2, -0.15) is 0 Å². The van der Waals surface area contributed by atoms with Gasteiger partial charge in [0, 0.05) is 44.8 Å². The minimum absolute atomic E-state index is 0.0476. The van der Waals surface area contributed by atoms with Crippen molar-refractivity contribution in [2.75, 3.05) is 26.2 Å². The summed E-state index contributed by atoms with van der Waals surface area (Å²) in [5.74, 6) is -0.147. The van der Waals surface area contributed by atoms with Gasteiger partial charge < -0.3 is 25.5 Å². The highest BCUT2D eigenvalue weighted by Gasteiger charge is 2.31. The molecule has 7 nitrogen and oxygen atoms in total. The van der Waals surface area contributed by atoms with E-state index < -0.39 is 12.0 Å². The van der Waals surface area contributed by atoms with Crippen LogP contribution in [0.1, 0.15) is 92.1 Å². The molecule has 3 unspecified atom stereocenters. The van der Waals surface area contributed by atoms with Gasteiger partial charge in [-0.05, 0) is 56.9 Å². The number of nitrogens with one attached hydrogen (secondary N) is 2. The Hall–Kier alpha value is -2.12. The number of urea groups is 1. The van der Waals surface area contributed by atoms with Gasteiger partial charge in [0.15, 0.2) is 0 Å². The third-order valence-electron chi connectivity index (χ3n) is 6.92. The molecule has 7 heteroatoms. The molecule has 0 aromatic heterocycles. The minimum atomic E-state index is -0.778. The lowest BCUT2D eigenvalue weighted by atomic mass is 10.0. The van der Waals surface area contributed by atoms with Crippen molar-refractivity contribution in [3.05, 3.63) is 35.9 Å². The van der Waals surface area contributed by atoms with Gasteiger partial charge in [-0.25, -0.2) is 4.79 Å². The van der Waals surface area contributed by atoms with Crippen LogP contribution in [-0.4, -0.2) is 71.2 Å². The van der Waals surface area contributed by atoms with Crippen molar-refractivity contribution in [1.29, 1.82) is 0 Å². The number of amides is 2. The molecule has 3 atom stereocenters. The maximum Gasteiger partial charge on any atom is 0.320 e. The van der Waals surface area contributed by atoms with Gasteiger partial charge in [0.05, 0.1) is 0 Å². The van der Waals surface area contributed by atoms with Crippen LogP contribution in [-0.2, 0) is 11.3 Å². The number of aliphatic carboxylic acids is 1. The molecule has 1 aliphatic heterocycles. The average molecular weight is 519 g/mol. The van der Waals surface area contributed by atoms with Crippen molar-refractivity contribution in [3.8, 4) is 0 Å². The Morgan fingerprint density at radius 1 is 1.05 bits per heavy atom. The van der Waals surface area contributed by atoms with Crippen LogP contribution in [0.5, 0.6) is 0 Å². The highest BCUT2D eigenvalue weighted by atomic mass is 16.4. The predicted molar refractivity (Wildman–Crippen MR) is 154 cm³/mol. The maximum absolute atomic E-state index is 12.9. The van der Waals surface area contributed by atoms with Crippen LogP contribution in [0.15, 0.2) is 30.3 Å². The maximum atomic E-state index is 12.9. The van der Waals surface area contributed by atoms with Crippen LogP contribution < -0.4 is 10.6 Å². The van der Waals surface area contributed by atoms with Crippen molar-refractivity contribution < 1.29 is 14.7 Å². The van der Waals surface area contributed by atoms with Crippen LogP contribution in [0.25, 0.3) is 0 Å². The van der Waals surface area contributed by atoms with Crippen molar-refractivity contribution in [2.24, 2.45) is 5.92 Å². The molecule has 3 rings (SSSR count). The van der Waals surface area contributed by atoms with E-state index in [4.69, 9.17) is 5.11 Å². The minimum Gasteiger partial charge on any atom is -0.480 e. The molecular formula is C30H54N4O3. The molecule has 1 aromatic rings. The quantitative estimate of drug-likeness (QED) is 0.367. The van der Waals surface area contributed by atoms with Gasteiger partial charge in [-0.3, -0.25) is 4.79 Å². The molecule has 0 bridgehead atoms. The molecule has 3 N–H and O–H groups in total. The first-order chi connectivity index (χ1) is 17.9. The monoisotopic (exact) mass is 518 g/mol. The number of nitrogens with zero attached hydrogens (tertiary/aromatic N) is 2. The largest absolute Gasteiger partial charge is 0.480 e. The van der Waals surface area contributed by atoms with Gasteiger partial charge in [-0.15, -0.1) is 0 Å². The van der Waals surface area contributed by atoms with Crippen molar-refractivity contribution in [1.82, 2.24) is 20.4 Å². The molecule has 1 saturated carbocycles. The van der Waals surface area contributed by atoms with Crippen LogP contribution in [0.3, 0.4) is 0 Å². The Morgan fingerprint density at radius 3 is 2.24 bits per heavy atom. The average Bonchev–Trinajstić information content (AvgIpc) is 3.35. The van der Waals surface area contributed by atoms with E-state index in [2.05, 4.69) is 36.3 Å². The van der Waals surface area contributed by atoms with E-state index in [1.54, 1.807) is 6.92 Å². The number of hydrogen-bond acceptors (Lipinski definition) is 4. The summed E-state index contributed by atoms with van der Waals surface area (Å²) in [5, 5.41) is 15.5. The molecule has 37 heavy (non-hydrogen) atoms. The molecular weight excluding hydrogens is 464 g/mol. The third-order valence-corrected chi connectivity index (χ3v) is 6.92. The Kier molecular flexibility index (Phi) is 16.9. The smallest absolute Gasteiger partial charge is 0.320 e. The standard InChI is InChI=1S/C25H40N4O3.C3H8.C2H6/c1-3-13-29(25(32)26-17-20-7-5-4-6-8-20)23-11-14-28(15-12-23)18-21-9-10-22(16-21)27-19(2)24(30)31;1-3-2;1-2/h4-8,19,21-23,27H,3,9-18H2,1-2H3,(H,26,32)(H,30,31);3H2,1-2H3;1-2H3. The second kappa shape index (κ2) is 19.0. The van der Waals surface area contributed by atoms with E-state index in [1.807, 2.05) is 49.1 Å². The van der Waals surface area contributed by atoms with Gasteiger partial charge in [0.2, 0.25) is 0 Å². The molecule has 2 amide bonds. The van der Waals surface area contributed by atoms with Gasteiger partial charge in [-0.1, -0.05) is 71.4 Å². The number of piperidine rings is 1. The lowest BCUT2D eigenvalue weighted by Crippen LogP contribution is -2.51. The van der Waals surface area contributed by atoms with Gasteiger partial charge >= 0.3 is 12.0 Å². The zero-order valence-electron chi connectivity index (χ0n) is 24.3. The fourth-order valence-electron chi connectivity index (χ4n) is 5.16. The number of benzene rings is 1. The summed E-state index contributed by atoms with van der Waals surface area (Å²) in [6, 6.07) is 10.2. The van der Waals surface area contributed by atoms with E-state index in [-0.39, 0.29) is 6.03 Å². The van der Waals surface area contributed by atoms with Crippen LogP contribution in [0.4, 0.5) is 4.79 Å². The Labute approximate surface area is 226 Å². The van der Waals surface area contributed by atoms with E-state index in [0.29, 0.717) is 24.5 Å². The highest BCUT2D eigenvalue weighted by Crippen LogP contribution is 2.28. The molecule has 0 radical (unpaired) electrons. The van der Waals surface area contributed by atoms with Crippen molar-refractivity contribution >= 4 is 12.0 Å². The number of carbonyl (C=O) groups is 2. The number of carboxylic acid groups (broad SMARTS) is 1. The second-order valence-corrected chi connectivity index (χ2v) is 10.2. The predicted octanol–water partition coefficient (Wildman–Crippen LogP) is 5.75. The second-order valence-electron chi connectivity index (χ2n) is 10.2. The number of carboxylic acids is 1. The summed E-state index contributed by atoms with van der Waals surface area (Å²) in [7, 11) is 0. The molecule has 1 aliphatic carbocycles. The fraction of sp³-hybridized carbons (Fsp3) is 0.733. The van der Waals surface area contributed by atoms with Crippen LogP contribution >= 0.6 is 0 Å². The number of carbonyl (C=O) groups excluding carboxylic acids is 1. The molecule has 2 fully saturated rings. The van der Waals surface area contributed by atoms with E-state index >= 15 is 0 Å². The number of hydrogen-bond donors (Lipinski definition) is 3. The summed E-state index contributed by atoms with van der Waals surface area (Å²) in [5.41, 5.74) is 1.12. The van der Waals surface area contributed by atoms with Crippen molar-refractivity contribution in [3.63, 3.8) is 0 Å². The van der Waals surface area contributed by atoms with E-state index in [9.17, 15) is 9.59 Å². The van der Waals surface area contributed by atoms with Crippen LogP contribution in [0.2, 0.25) is 0 Å². The number of likely N-dealkylation sites (tertiary alicyclic amines) is 1. The normalized spacial score (nSPS) is 20.6. The van der Waals surface area contributed by atoms with Crippen molar-refractivity contribution in [2.45, 2.75) is 111 Å². The SMILES string of the molecule is CC.CCC.CCCN(C(=O)NCc1ccccc1)C1CCN(CC2CCC(NC(C)C(=O)O)C2)CC1. The summed E-state index contributed by atoms with van der Waals surface area (Å²) in [6.45, 7) is 16.6.